The minimum atomic E-state index is -1.26. The van der Waals surface area contributed by atoms with Gasteiger partial charge in [-0.1, -0.05) is 24.3 Å². The summed E-state index contributed by atoms with van der Waals surface area (Å²) in [6.07, 6.45) is 2.03. The molecule has 6 N–H and O–H groups in total. The fourth-order valence-corrected chi connectivity index (χ4v) is 1.65. The lowest BCUT2D eigenvalue weighted by Crippen LogP contribution is -1.91. The highest BCUT2D eigenvalue weighted by Gasteiger charge is 1.96. The molecule has 0 aliphatic carbocycles. The number of nitrogens with two attached hydrogens (primary N) is 2. The molecule has 0 spiro atoms. The monoisotopic (exact) mass is 314 g/mol. The van der Waals surface area contributed by atoms with Crippen LogP contribution in [0, 0.1) is 0 Å². The Hall–Kier alpha value is -3.28. The van der Waals surface area contributed by atoms with Crippen LogP contribution in [0.1, 0.15) is 11.1 Å². The molecule has 23 heavy (non-hydrogen) atoms. The zero-order chi connectivity index (χ0) is 17.2. The number of nitrogen functional groups attached to an aromatic ring is 2. The van der Waals surface area contributed by atoms with Gasteiger partial charge in [-0.05, 0) is 41.8 Å². The molecule has 6 nitrogen and oxygen atoms in total. The van der Waals surface area contributed by atoms with Crippen LogP contribution in [0.4, 0.5) is 11.4 Å². The molecule has 0 aromatic heterocycles. The van der Waals surface area contributed by atoms with Crippen LogP contribution in [0.5, 0.6) is 0 Å². The molecule has 0 fully saturated rings. The molecule has 2 rings (SSSR count). The molecule has 0 unspecified atom stereocenters. The largest absolute Gasteiger partial charge is 0.478 e. The first-order valence-electron chi connectivity index (χ1n) is 6.69. The predicted molar refractivity (Wildman–Crippen MR) is 88.9 cm³/mol. The van der Waals surface area contributed by atoms with Crippen LogP contribution in [-0.2, 0) is 16.0 Å². The Labute approximate surface area is 133 Å². The summed E-state index contributed by atoms with van der Waals surface area (Å²) >= 11 is 0. The molecule has 0 saturated carbocycles. The van der Waals surface area contributed by atoms with Crippen molar-refractivity contribution in [3.63, 3.8) is 0 Å². The molecule has 0 heterocycles. The zero-order valence-corrected chi connectivity index (χ0v) is 12.3. The highest BCUT2D eigenvalue weighted by molar-refractivity contribution is 5.89. The van der Waals surface area contributed by atoms with Crippen molar-refractivity contribution in [2.75, 3.05) is 11.5 Å². The lowest BCUT2D eigenvalue weighted by Gasteiger charge is -2.02. The number of hydrogen-bond donors (Lipinski definition) is 4. The first-order chi connectivity index (χ1) is 10.9. The van der Waals surface area contributed by atoms with Crippen LogP contribution >= 0.6 is 0 Å². The maximum atomic E-state index is 9.55. The number of benzene rings is 2. The molecule has 2 aromatic carbocycles. The van der Waals surface area contributed by atoms with E-state index in [4.69, 9.17) is 21.7 Å². The SMILES string of the molecule is Nc1ccc(Cc2ccc(N)cc2)cc1.O=C(O)C=CC(=O)O. The summed E-state index contributed by atoms with van der Waals surface area (Å²) < 4.78 is 0. The zero-order valence-electron chi connectivity index (χ0n) is 12.3. The van der Waals surface area contributed by atoms with Gasteiger partial charge in [-0.25, -0.2) is 9.59 Å². The third kappa shape index (κ3) is 7.91. The molecule has 0 saturated heterocycles. The smallest absolute Gasteiger partial charge is 0.328 e. The fraction of sp³-hybridized carbons (Fsp3) is 0.0588. The second-order valence-corrected chi connectivity index (χ2v) is 4.67. The molecule has 0 radical (unpaired) electrons. The summed E-state index contributed by atoms with van der Waals surface area (Å²) in [7, 11) is 0. The first kappa shape index (κ1) is 17.8. The Balaban J connectivity index is 0.000000284. The van der Waals surface area contributed by atoms with Gasteiger partial charge in [0.05, 0.1) is 0 Å². The van der Waals surface area contributed by atoms with E-state index in [9.17, 15) is 9.59 Å². The van der Waals surface area contributed by atoms with E-state index in [-0.39, 0.29) is 0 Å². The van der Waals surface area contributed by atoms with Gasteiger partial charge in [-0.2, -0.15) is 0 Å². The average Bonchev–Trinajstić information content (AvgIpc) is 2.50. The Morgan fingerprint density at radius 1 is 0.739 bits per heavy atom. The van der Waals surface area contributed by atoms with E-state index in [1.807, 2.05) is 48.5 Å². The van der Waals surface area contributed by atoms with Gasteiger partial charge >= 0.3 is 11.9 Å². The van der Waals surface area contributed by atoms with Crippen molar-refractivity contribution in [2.45, 2.75) is 6.42 Å². The van der Waals surface area contributed by atoms with Crippen LogP contribution < -0.4 is 11.5 Å². The quantitative estimate of drug-likeness (QED) is 0.506. The summed E-state index contributed by atoms with van der Waals surface area (Å²) in [4.78, 5) is 19.1. The van der Waals surface area contributed by atoms with Gasteiger partial charge in [0, 0.05) is 23.5 Å². The molecular formula is C17H18N2O4. The maximum absolute atomic E-state index is 9.55. The van der Waals surface area contributed by atoms with Crippen molar-refractivity contribution < 1.29 is 19.8 Å². The number of anilines is 2. The number of carboxylic acids is 2. The highest BCUT2D eigenvalue weighted by Crippen LogP contribution is 2.13. The van der Waals surface area contributed by atoms with Gasteiger partial charge in [-0.15, -0.1) is 0 Å². The van der Waals surface area contributed by atoms with E-state index in [2.05, 4.69) is 0 Å². The van der Waals surface area contributed by atoms with Gasteiger partial charge < -0.3 is 21.7 Å². The summed E-state index contributed by atoms with van der Waals surface area (Å²) in [6.45, 7) is 0. The van der Waals surface area contributed by atoms with E-state index in [0.29, 0.717) is 12.2 Å². The van der Waals surface area contributed by atoms with Crippen molar-refractivity contribution in [3.05, 3.63) is 71.8 Å². The first-order valence-corrected chi connectivity index (χ1v) is 6.69. The predicted octanol–water partition coefficient (Wildman–Crippen LogP) is 2.15. The van der Waals surface area contributed by atoms with Crippen molar-refractivity contribution >= 4 is 23.3 Å². The highest BCUT2D eigenvalue weighted by atomic mass is 16.4. The molecule has 120 valence electrons. The van der Waals surface area contributed by atoms with Crippen LogP contribution in [0.2, 0.25) is 0 Å². The number of aliphatic carboxylic acids is 2. The van der Waals surface area contributed by atoms with E-state index < -0.39 is 11.9 Å². The van der Waals surface area contributed by atoms with E-state index in [0.717, 1.165) is 17.8 Å². The molecule has 0 aliphatic rings. The summed E-state index contributed by atoms with van der Waals surface area (Å²) in [5, 5.41) is 15.6. The molecule has 0 amide bonds. The second-order valence-electron chi connectivity index (χ2n) is 4.67. The molecule has 6 heteroatoms. The minimum Gasteiger partial charge on any atom is -0.478 e. The average molecular weight is 314 g/mol. The Morgan fingerprint density at radius 3 is 1.30 bits per heavy atom. The number of carbonyl (C=O) groups is 2. The standard InChI is InChI=1S/C13H14N2.C4H4O4/c14-12-5-1-10(2-6-12)9-11-3-7-13(15)8-4-11;5-3(6)1-2-4(7)8/h1-8H,9,14-15H2;1-2H,(H,5,6)(H,7,8). The van der Waals surface area contributed by atoms with Gasteiger partial charge in [0.15, 0.2) is 0 Å². The number of rotatable bonds is 4. The van der Waals surface area contributed by atoms with Gasteiger partial charge in [0.1, 0.15) is 0 Å². The van der Waals surface area contributed by atoms with Crippen LogP contribution in [0.15, 0.2) is 60.7 Å². The van der Waals surface area contributed by atoms with Crippen molar-refractivity contribution in [1.82, 2.24) is 0 Å². The Kier molecular flexibility index (Phi) is 6.87. The van der Waals surface area contributed by atoms with Crippen LogP contribution in [0.3, 0.4) is 0 Å². The molecule has 0 bridgehead atoms. The second kappa shape index (κ2) is 8.89. The van der Waals surface area contributed by atoms with Crippen molar-refractivity contribution in [1.29, 1.82) is 0 Å². The van der Waals surface area contributed by atoms with Gasteiger partial charge in [-0.3, -0.25) is 0 Å². The molecule has 0 atom stereocenters. The Morgan fingerprint density at radius 2 is 1.04 bits per heavy atom. The van der Waals surface area contributed by atoms with Crippen LogP contribution in [-0.4, -0.2) is 22.2 Å². The summed E-state index contributed by atoms with van der Waals surface area (Å²) in [6, 6.07) is 15.9. The fourth-order valence-electron chi connectivity index (χ4n) is 1.65. The molecule has 0 aliphatic heterocycles. The van der Waals surface area contributed by atoms with E-state index >= 15 is 0 Å². The van der Waals surface area contributed by atoms with Crippen molar-refractivity contribution in [2.24, 2.45) is 0 Å². The summed E-state index contributed by atoms with van der Waals surface area (Å²) in [5.41, 5.74) is 15.4. The minimum absolute atomic E-state index is 0.558. The van der Waals surface area contributed by atoms with Crippen LogP contribution in [0.25, 0.3) is 0 Å². The Bertz CT molecular complexity index is 617. The van der Waals surface area contributed by atoms with Gasteiger partial charge in [0.2, 0.25) is 0 Å². The van der Waals surface area contributed by atoms with Gasteiger partial charge in [0.25, 0.3) is 0 Å². The van der Waals surface area contributed by atoms with Crippen molar-refractivity contribution in [3.8, 4) is 0 Å². The molecular weight excluding hydrogens is 296 g/mol. The van der Waals surface area contributed by atoms with E-state index in [1.165, 1.54) is 11.1 Å². The number of carboxylic acid groups (broad SMARTS) is 2. The summed E-state index contributed by atoms with van der Waals surface area (Å²) in [5.74, 6) is -2.51. The third-order valence-electron chi connectivity index (χ3n) is 2.74. The normalized spacial score (nSPS) is 9.91. The third-order valence-corrected chi connectivity index (χ3v) is 2.74. The maximum Gasteiger partial charge on any atom is 0.328 e. The topological polar surface area (TPSA) is 127 Å². The molecule has 2 aromatic rings. The lowest BCUT2D eigenvalue weighted by molar-refractivity contribution is -0.134. The van der Waals surface area contributed by atoms with E-state index in [1.54, 1.807) is 0 Å². The number of hydrogen-bond acceptors (Lipinski definition) is 4. The lowest BCUT2D eigenvalue weighted by atomic mass is 10.0.